The number of aromatic nitrogens is 1. The Bertz CT molecular complexity index is 472. The minimum atomic E-state index is -1.59. The van der Waals surface area contributed by atoms with Crippen molar-refractivity contribution in [2.45, 2.75) is 0 Å². The van der Waals surface area contributed by atoms with Crippen LogP contribution in [0.1, 0.15) is 0 Å². The molecule has 2 heterocycles. The molecule has 0 radical (unpaired) electrons. The van der Waals surface area contributed by atoms with Crippen LogP contribution in [-0.4, -0.2) is 35.1 Å². The molecule has 1 atom stereocenters. The van der Waals surface area contributed by atoms with Crippen molar-refractivity contribution in [2.24, 2.45) is 8.80 Å². The van der Waals surface area contributed by atoms with Crippen molar-refractivity contribution in [1.29, 1.82) is 0 Å². The predicted octanol–water partition coefficient (Wildman–Crippen LogP) is 0.553. The van der Waals surface area contributed by atoms with Crippen molar-refractivity contribution >= 4 is 28.6 Å². The second-order valence-electron chi connectivity index (χ2n) is 3.02. The molecule has 7 heteroatoms. The van der Waals surface area contributed by atoms with Crippen LogP contribution in [0, 0.1) is 0 Å². The van der Waals surface area contributed by atoms with Crippen LogP contribution in [0.15, 0.2) is 33.3 Å². The van der Waals surface area contributed by atoms with Gasteiger partial charge >= 0.3 is 0 Å². The lowest BCUT2D eigenvalue weighted by Crippen LogP contribution is -2.32. The molecule has 0 saturated heterocycles. The van der Waals surface area contributed by atoms with E-state index < -0.39 is 11.2 Å². The van der Waals surface area contributed by atoms with E-state index in [-0.39, 0.29) is 5.90 Å². The summed E-state index contributed by atoms with van der Waals surface area (Å²) in [6.07, 6.45) is 3.36. The van der Waals surface area contributed by atoms with Crippen molar-refractivity contribution in [3.05, 3.63) is 24.5 Å². The summed E-state index contributed by atoms with van der Waals surface area (Å²) < 4.78 is 23.8. The van der Waals surface area contributed by atoms with E-state index in [1.165, 1.54) is 7.11 Å². The summed E-state index contributed by atoms with van der Waals surface area (Å²) in [5.74, 6) is 0.707. The third kappa shape index (κ3) is 1.94. The third-order valence-electron chi connectivity index (χ3n) is 2.06. The highest BCUT2D eigenvalue weighted by Crippen LogP contribution is 2.14. The Balaban J connectivity index is 2.30. The number of hydrogen-bond acceptors (Lipinski definition) is 4. The second kappa shape index (κ2) is 4.40. The average Bonchev–Trinajstić information content (AvgIpc) is 2.70. The van der Waals surface area contributed by atoms with E-state index in [1.54, 1.807) is 24.3 Å². The molecule has 6 nitrogen and oxygen atoms in total. The number of rotatable bonds is 1. The van der Waals surface area contributed by atoms with Crippen LogP contribution in [0.5, 0.6) is 0 Å². The number of likely N-dealkylation sites (N-methyl/N-ethyl adjacent to an activating group) is 1. The van der Waals surface area contributed by atoms with Gasteiger partial charge in [0.15, 0.2) is 0 Å². The SMILES string of the molecule is COC1=NS(=O)N=C1N(C)c1cccnc1. The van der Waals surface area contributed by atoms with E-state index in [0.29, 0.717) is 5.84 Å². The molecule has 0 amide bonds. The summed E-state index contributed by atoms with van der Waals surface area (Å²) in [5.41, 5.74) is 0.824. The summed E-state index contributed by atoms with van der Waals surface area (Å²) in [4.78, 5) is 5.72. The van der Waals surface area contributed by atoms with Crippen LogP contribution in [0.4, 0.5) is 5.69 Å². The minimum Gasteiger partial charge on any atom is -0.478 e. The Labute approximate surface area is 95.4 Å². The fraction of sp³-hybridized carbons (Fsp3) is 0.222. The lowest BCUT2D eigenvalue weighted by Gasteiger charge is -2.17. The first-order chi connectivity index (χ1) is 7.72. The Morgan fingerprint density at radius 3 is 2.88 bits per heavy atom. The number of anilines is 1. The number of pyridine rings is 1. The van der Waals surface area contributed by atoms with Gasteiger partial charge in [0.2, 0.25) is 5.84 Å². The van der Waals surface area contributed by atoms with Crippen LogP contribution < -0.4 is 4.90 Å². The highest BCUT2D eigenvalue weighted by atomic mass is 32.2. The first-order valence-corrected chi connectivity index (χ1v) is 5.56. The summed E-state index contributed by atoms with van der Waals surface area (Å²) >= 11 is -1.59. The van der Waals surface area contributed by atoms with Gasteiger partial charge < -0.3 is 9.64 Å². The zero-order valence-corrected chi connectivity index (χ0v) is 9.64. The summed E-state index contributed by atoms with van der Waals surface area (Å²) in [5, 5.41) is 0. The highest BCUT2D eigenvalue weighted by molar-refractivity contribution is 7.83. The van der Waals surface area contributed by atoms with Crippen LogP contribution in [-0.2, 0) is 15.9 Å². The van der Waals surface area contributed by atoms with Gasteiger partial charge in [0.05, 0.1) is 19.0 Å². The van der Waals surface area contributed by atoms with Gasteiger partial charge in [0.1, 0.15) is 0 Å². The van der Waals surface area contributed by atoms with E-state index in [1.807, 2.05) is 12.1 Å². The summed E-state index contributed by atoms with van der Waals surface area (Å²) in [6.45, 7) is 0. The maximum Gasteiger partial charge on any atom is 0.271 e. The van der Waals surface area contributed by atoms with Gasteiger partial charge in [-0.05, 0) is 12.1 Å². The van der Waals surface area contributed by atoms with E-state index in [4.69, 9.17) is 4.74 Å². The number of amidine groups is 1. The van der Waals surface area contributed by atoms with Crippen LogP contribution in [0.25, 0.3) is 0 Å². The molecule has 1 unspecified atom stereocenters. The van der Waals surface area contributed by atoms with Crippen molar-refractivity contribution in [3.63, 3.8) is 0 Å². The van der Waals surface area contributed by atoms with Gasteiger partial charge in [-0.2, -0.15) is 0 Å². The van der Waals surface area contributed by atoms with E-state index in [0.717, 1.165) is 5.69 Å². The highest BCUT2D eigenvalue weighted by Gasteiger charge is 2.24. The van der Waals surface area contributed by atoms with E-state index in [2.05, 4.69) is 13.8 Å². The van der Waals surface area contributed by atoms with Crippen LogP contribution >= 0.6 is 0 Å². The minimum absolute atomic E-state index is 0.268. The average molecular weight is 238 g/mol. The maximum absolute atomic E-state index is 11.2. The van der Waals surface area contributed by atoms with Gasteiger partial charge in [0, 0.05) is 13.2 Å². The third-order valence-corrected chi connectivity index (χ3v) is 2.71. The molecule has 0 fully saturated rings. The molecule has 0 saturated carbocycles. The van der Waals surface area contributed by atoms with E-state index >= 15 is 0 Å². The van der Waals surface area contributed by atoms with Gasteiger partial charge in [-0.3, -0.25) is 4.98 Å². The van der Waals surface area contributed by atoms with Crippen molar-refractivity contribution in [1.82, 2.24) is 4.98 Å². The molecule has 84 valence electrons. The smallest absolute Gasteiger partial charge is 0.271 e. The largest absolute Gasteiger partial charge is 0.478 e. The fourth-order valence-electron chi connectivity index (χ4n) is 1.25. The molecular formula is C9H10N4O2S. The molecule has 0 aromatic carbocycles. The van der Waals surface area contributed by atoms with Gasteiger partial charge in [-0.1, -0.05) is 0 Å². The lowest BCUT2D eigenvalue weighted by molar-refractivity contribution is 0.412. The number of ether oxygens (including phenoxy) is 1. The quantitative estimate of drug-likeness (QED) is 0.716. The first kappa shape index (κ1) is 10.7. The Morgan fingerprint density at radius 1 is 1.44 bits per heavy atom. The van der Waals surface area contributed by atoms with E-state index in [9.17, 15) is 4.21 Å². The lowest BCUT2D eigenvalue weighted by atomic mass is 10.3. The molecule has 1 aliphatic rings. The maximum atomic E-state index is 11.2. The molecule has 0 aliphatic carbocycles. The molecule has 0 bridgehead atoms. The van der Waals surface area contributed by atoms with Crippen molar-refractivity contribution < 1.29 is 8.95 Å². The number of nitrogens with zero attached hydrogens (tertiary/aromatic N) is 4. The fourth-order valence-corrected chi connectivity index (χ4v) is 1.94. The van der Waals surface area contributed by atoms with Gasteiger partial charge in [-0.15, -0.1) is 8.80 Å². The Hall–Kier alpha value is -1.76. The van der Waals surface area contributed by atoms with Crippen LogP contribution in [0.2, 0.25) is 0 Å². The molecule has 0 N–H and O–H groups in total. The van der Waals surface area contributed by atoms with Gasteiger partial charge in [-0.25, -0.2) is 4.21 Å². The zero-order chi connectivity index (χ0) is 11.5. The molecule has 1 aromatic heterocycles. The van der Waals surface area contributed by atoms with Crippen molar-refractivity contribution in [2.75, 3.05) is 19.1 Å². The van der Waals surface area contributed by atoms with Gasteiger partial charge in [0.25, 0.3) is 17.1 Å². The molecular weight excluding hydrogens is 228 g/mol. The van der Waals surface area contributed by atoms with Crippen LogP contribution in [0.3, 0.4) is 0 Å². The topological polar surface area (TPSA) is 67.2 Å². The summed E-state index contributed by atoms with van der Waals surface area (Å²) in [6, 6.07) is 3.67. The zero-order valence-electron chi connectivity index (χ0n) is 8.82. The predicted molar refractivity (Wildman–Crippen MR) is 62.7 cm³/mol. The summed E-state index contributed by atoms with van der Waals surface area (Å²) in [7, 11) is 3.25. The normalized spacial score (nSPS) is 19.0. The monoisotopic (exact) mass is 238 g/mol. The number of hydrogen-bond donors (Lipinski definition) is 0. The standard InChI is InChI=1S/C9H10N4O2S/c1-13(7-4-3-5-10-6-7)8-9(15-2)12-16(14)11-8/h3-6H,1-2H3. The Morgan fingerprint density at radius 2 is 2.25 bits per heavy atom. The number of methoxy groups -OCH3 is 1. The molecule has 1 aromatic rings. The van der Waals surface area contributed by atoms with Crippen molar-refractivity contribution in [3.8, 4) is 0 Å². The second-order valence-corrected chi connectivity index (χ2v) is 3.84. The molecule has 2 rings (SSSR count). The Kier molecular flexibility index (Phi) is 2.95. The first-order valence-electron chi connectivity index (χ1n) is 4.50. The molecule has 0 spiro atoms. The molecule has 1 aliphatic heterocycles. The molecule has 16 heavy (non-hydrogen) atoms.